The standard InChI is InChI=1S/C26H29ClFN7OS/c1-34-9-4-6-15(34)13-36-26-32-23-17(24(33-26)35-10-3-5-14(29)12-35)11-18(27)20(21(23)28)16-7-2-8-19-22(16)31-25(30)37-19/h2,7-8,11,14-15H,3-6,9-10,12-13,29H2,1H3,(H2,30,31)/t14-,15+/m1/s1. The monoisotopic (exact) mass is 541 g/mol. The van der Waals surface area contributed by atoms with Crippen LogP contribution in [0.4, 0.5) is 15.3 Å². The van der Waals surface area contributed by atoms with E-state index in [-0.39, 0.29) is 34.2 Å². The highest BCUT2D eigenvalue weighted by Gasteiger charge is 2.27. The van der Waals surface area contributed by atoms with Crippen LogP contribution in [0.1, 0.15) is 25.7 Å². The molecule has 194 valence electrons. The van der Waals surface area contributed by atoms with E-state index in [9.17, 15) is 0 Å². The van der Waals surface area contributed by atoms with Gasteiger partial charge in [0.15, 0.2) is 10.9 Å². The van der Waals surface area contributed by atoms with Gasteiger partial charge in [-0.3, -0.25) is 0 Å². The molecule has 4 N–H and O–H groups in total. The second-order valence-electron chi connectivity index (χ2n) is 9.91. The van der Waals surface area contributed by atoms with Crippen molar-refractivity contribution in [2.24, 2.45) is 5.73 Å². The lowest BCUT2D eigenvalue weighted by Gasteiger charge is -2.32. The molecule has 2 saturated heterocycles. The molecular formula is C26H29ClFN7OS. The number of aromatic nitrogens is 3. The first-order chi connectivity index (χ1) is 17.9. The SMILES string of the molecule is CN1CCC[C@H]1COc1nc(N2CCC[C@@H](N)C2)c2cc(Cl)c(-c3cccc4sc(N)nc34)c(F)c2n1. The molecule has 8 nitrogen and oxygen atoms in total. The summed E-state index contributed by atoms with van der Waals surface area (Å²) in [6, 6.07) is 7.76. The summed E-state index contributed by atoms with van der Waals surface area (Å²) in [6.07, 6.45) is 4.05. The van der Waals surface area contributed by atoms with E-state index in [1.165, 1.54) is 11.3 Å². The van der Waals surface area contributed by atoms with Crippen LogP contribution in [0.2, 0.25) is 5.02 Å². The molecule has 0 bridgehead atoms. The Balaban J connectivity index is 1.50. The van der Waals surface area contributed by atoms with Crippen LogP contribution in [0.5, 0.6) is 6.01 Å². The molecule has 2 atom stereocenters. The number of nitrogens with zero attached hydrogens (tertiary/aromatic N) is 5. The Morgan fingerprint density at radius 2 is 2.00 bits per heavy atom. The normalized spacial score (nSPS) is 20.8. The summed E-state index contributed by atoms with van der Waals surface area (Å²) in [4.78, 5) is 18.1. The number of hydrogen-bond acceptors (Lipinski definition) is 9. The summed E-state index contributed by atoms with van der Waals surface area (Å²) >= 11 is 8.11. The average Bonchev–Trinajstić information content (AvgIpc) is 3.47. The largest absolute Gasteiger partial charge is 0.462 e. The number of piperidine rings is 1. The van der Waals surface area contributed by atoms with Crippen molar-refractivity contribution in [3.63, 3.8) is 0 Å². The number of para-hydroxylation sites is 1. The van der Waals surface area contributed by atoms with Crippen LogP contribution in [-0.4, -0.2) is 65.2 Å². The lowest BCUT2D eigenvalue weighted by Crippen LogP contribution is -2.43. The molecule has 0 radical (unpaired) electrons. The quantitative estimate of drug-likeness (QED) is 0.375. The zero-order chi connectivity index (χ0) is 25.7. The zero-order valence-corrected chi connectivity index (χ0v) is 22.2. The maximum atomic E-state index is 16.4. The number of halogens is 2. The van der Waals surface area contributed by atoms with Crippen molar-refractivity contribution < 1.29 is 9.13 Å². The van der Waals surface area contributed by atoms with Gasteiger partial charge in [-0.2, -0.15) is 9.97 Å². The van der Waals surface area contributed by atoms with Gasteiger partial charge in [0.05, 0.1) is 15.2 Å². The van der Waals surface area contributed by atoms with Crippen LogP contribution in [0.25, 0.3) is 32.2 Å². The summed E-state index contributed by atoms with van der Waals surface area (Å²) < 4.78 is 23.4. The molecule has 6 rings (SSSR count). The van der Waals surface area contributed by atoms with Gasteiger partial charge in [0, 0.05) is 41.7 Å². The highest BCUT2D eigenvalue weighted by molar-refractivity contribution is 7.22. The molecule has 2 aliphatic rings. The number of nitrogen functional groups attached to an aromatic ring is 1. The van der Waals surface area contributed by atoms with Gasteiger partial charge in [-0.05, 0) is 51.4 Å². The van der Waals surface area contributed by atoms with Gasteiger partial charge >= 0.3 is 6.01 Å². The molecule has 2 aromatic carbocycles. The number of thiazole rings is 1. The van der Waals surface area contributed by atoms with E-state index in [0.717, 1.165) is 43.5 Å². The Kier molecular flexibility index (Phi) is 6.52. The molecule has 0 saturated carbocycles. The van der Waals surface area contributed by atoms with Crippen molar-refractivity contribution >= 4 is 55.0 Å². The highest BCUT2D eigenvalue weighted by Crippen LogP contribution is 2.42. The van der Waals surface area contributed by atoms with Crippen molar-refractivity contribution in [2.45, 2.75) is 37.8 Å². The summed E-state index contributed by atoms with van der Waals surface area (Å²) in [5, 5.41) is 1.21. The lowest BCUT2D eigenvalue weighted by atomic mass is 10.0. The first-order valence-electron chi connectivity index (χ1n) is 12.6. The van der Waals surface area contributed by atoms with E-state index >= 15 is 4.39 Å². The van der Waals surface area contributed by atoms with Gasteiger partial charge in [-0.15, -0.1) is 0 Å². The zero-order valence-electron chi connectivity index (χ0n) is 20.6. The van der Waals surface area contributed by atoms with Crippen molar-refractivity contribution in [1.82, 2.24) is 19.9 Å². The lowest BCUT2D eigenvalue weighted by molar-refractivity contribution is 0.188. The van der Waals surface area contributed by atoms with Crippen LogP contribution < -0.4 is 21.1 Å². The number of likely N-dealkylation sites (N-methyl/N-ethyl adjacent to an activating group) is 1. The number of benzene rings is 2. The fourth-order valence-electron chi connectivity index (χ4n) is 5.44. The van der Waals surface area contributed by atoms with Gasteiger partial charge in [0.1, 0.15) is 17.9 Å². The molecule has 0 spiro atoms. The minimum Gasteiger partial charge on any atom is -0.462 e. The number of hydrogen-bond donors (Lipinski definition) is 2. The summed E-state index contributed by atoms with van der Waals surface area (Å²) in [6.45, 7) is 2.87. The van der Waals surface area contributed by atoms with Crippen LogP contribution in [0, 0.1) is 5.82 Å². The number of likely N-dealkylation sites (tertiary alicyclic amines) is 1. The van der Waals surface area contributed by atoms with Gasteiger partial charge < -0.3 is 26.0 Å². The van der Waals surface area contributed by atoms with Crippen molar-refractivity contribution in [2.75, 3.05) is 43.9 Å². The first kappa shape index (κ1) is 24.5. The molecule has 4 heterocycles. The number of rotatable bonds is 5. The fraction of sp³-hybridized carbons (Fsp3) is 0.423. The number of ether oxygens (including phenoxy) is 1. The van der Waals surface area contributed by atoms with Crippen LogP contribution >= 0.6 is 22.9 Å². The van der Waals surface area contributed by atoms with Crippen LogP contribution in [0.15, 0.2) is 24.3 Å². The van der Waals surface area contributed by atoms with E-state index in [1.807, 2.05) is 12.1 Å². The van der Waals surface area contributed by atoms with E-state index in [2.05, 4.69) is 26.8 Å². The van der Waals surface area contributed by atoms with Crippen LogP contribution in [0.3, 0.4) is 0 Å². The van der Waals surface area contributed by atoms with E-state index in [4.69, 9.17) is 32.8 Å². The minimum atomic E-state index is -0.533. The van der Waals surface area contributed by atoms with Crippen molar-refractivity contribution in [1.29, 1.82) is 0 Å². The van der Waals surface area contributed by atoms with E-state index < -0.39 is 5.82 Å². The van der Waals surface area contributed by atoms with Crippen LogP contribution in [-0.2, 0) is 0 Å². The second-order valence-corrected chi connectivity index (χ2v) is 11.4. The third-order valence-corrected chi connectivity index (χ3v) is 8.53. The van der Waals surface area contributed by atoms with Gasteiger partial charge in [0.2, 0.25) is 0 Å². The smallest absolute Gasteiger partial charge is 0.319 e. The van der Waals surface area contributed by atoms with Gasteiger partial charge in [0.25, 0.3) is 0 Å². The molecule has 2 fully saturated rings. The molecule has 2 aromatic heterocycles. The molecule has 4 aromatic rings. The minimum absolute atomic E-state index is 0.0163. The third kappa shape index (κ3) is 4.56. The molecule has 0 unspecified atom stereocenters. The van der Waals surface area contributed by atoms with Gasteiger partial charge in [-0.1, -0.05) is 35.1 Å². The summed E-state index contributed by atoms with van der Waals surface area (Å²) in [5.74, 6) is 0.0627. The molecule has 0 aliphatic carbocycles. The average molecular weight is 542 g/mol. The molecule has 2 aliphatic heterocycles. The number of nitrogens with two attached hydrogens (primary N) is 2. The molecular weight excluding hydrogens is 513 g/mol. The summed E-state index contributed by atoms with van der Waals surface area (Å²) in [5.41, 5.74) is 13.8. The van der Waals surface area contributed by atoms with Crippen molar-refractivity contribution in [3.05, 3.63) is 35.1 Å². The van der Waals surface area contributed by atoms with Crippen molar-refractivity contribution in [3.8, 4) is 17.1 Å². The Morgan fingerprint density at radius 1 is 1.16 bits per heavy atom. The second kappa shape index (κ2) is 9.83. The highest BCUT2D eigenvalue weighted by atomic mass is 35.5. The Labute approximate surface area is 223 Å². The predicted molar refractivity (Wildman–Crippen MR) is 148 cm³/mol. The first-order valence-corrected chi connectivity index (χ1v) is 13.8. The third-order valence-electron chi connectivity index (χ3n) is 7.38. The fourth-order valence-corrected chi connectivity index (χ4v) is 6.50. The van der Waals surface area contributed by atoms with Gasteiger partial charge in [-0.25, -0.2) is 9.37 Å². The molecule has 37 heavy (non-hydrogen) atoms. The number of anilines is 2. The molecule has 11 heteroatoms. The Hall–Kier alpha value is -2.79. The Bertz CT molecular complexity index is 1480. The van der Waals surface area contributed by atoms with E-state index in [1.54, 1.807) is 12.1 Å². The summed E-state index contributed by atoms with van der Waals surface area (Å²) in [7, 11) is 2.09. The Morgan fingerprint density at radius 3 is 2.78 bits per heavy atom. The topological polar surface area (TPSA) is 106 Å². The number of fused-ring (bicyclic) bond motifs is 2. The predicted octanol–water partition coefficient (Wildman–Crippen LogP) is 4.68. The maximum Gasteiger partial charge on any atom is 0.319 e. The maximum absolute atomic E-state index is 16.4. The van der Waals surface area contributed by atoms with E-state index in [0.29, 0.717) is 40.6 Å². The molecule has 0 amide bonds.